The first-order chi connectivity index (χ1) is 13.5. The van der Waals surface area contributed by atoms with Crippen molar-refractivity contribution < 1.29 is 14.3 Å². The summed E-state index contributed by atoms with van der Waals surface area (Å²) in [4.78, 5) is 25.1. The summed E-state index contributed by atoms with van der Waals surface area (Å²) >= 11 is 3.46. The Morgan fingerprint density at radius 2 is 1.89 bits per heavy atom. The summed E-state index contributed by atoms with van der Waals surface area (Å²) in [7, 11) is 1.62. The molecule has 0 saturated heterocycles. The number of rotatable bonds is 9. The van der Waals surface area contributed by atoms with Crippen LogP contribution in [0.15, 0.2) is 53.0 Å². The van der Waals surface area contributed by atoms with Crippen molar-refractivity contribution in [2.45, 2.75) is 44.2 Å². The van der Waals surface area contributed by atoms with Gasteiger partial charge in [0.25, 0.3) is 0 Å². The molecule has 0 aliphatic heterocycles. The fraction of sp³-hybridized carbons (Fsp3) is 0.364. The van der Waals surface area contributed by atoms with Crippen LogP contribution in [0, 0.1) is 0 Å². The Hall–Kier alpha value is -2.34. The van der Waals surface area contributed by atoms with Crippen LogP contribution in [0.25, 0.3) is 0 Å². The van der Waals surface area contributed by atoms with E-state index in [1.807, 2.05) is 48.5 Å². The molecule has 1 fully saturated rings. The lowest BCUT2D eigenvalue weighted by molar-refractivity contribution is -0.129. The largest absolute Gasteiger partial charge is 0.496 e. The van der Waals surface area contributed by atoms with Crippen molar-refractivity contribution in [2.24, 2.45) is 0 Å². The van der Waals surface area contributed by atoms with Gasteiger partial charge < -0.3 is 15.4 Å². The van der Waals surface area contributed by atoms with E-state index in [0.29, 0.717) is 19.3 Å². The Bertz CT molecular complexity index is 822. The van der Waals surface area contributed by atoms with Gasteiger partial charge in [0.05, 0.1) is 11.6 Å². The molecule has 3 rings (SSSR count). The van der Waals surface area contributed by atoms with Gasteiger partial charge in [0.1, 0.15) is 11.8 Å². The van der Waals surface area contributed by atoms with Crippen LogP contribution in [-0.4, -0.2) is 31.0 Å². The van der Waals surface area contributed by atoms with Gasteiger partial charge in [-0.25, -0.2) is 0 Å². The first kappa shape index (κ1) is 20.4. The fourth-order valence-electron chi connectivity index (χ4n) is 2.98. The third-order valence-corrected chi connectivity index (χ3v) is 5.33. The van der Waals surface area contributed by atoms with E-state index in [9.17, 15) is 9.59 Å². The normalized spacial score (nSPS) is 14.2. The molecule has 5 nitrogen and oxygen atoms in total. The molecule has 0 bridgehead atoms. The minimum absolute atomic E-state index is 0.105. The highest BCUT2D eigenvalue weighted by molar-refractivity contribution is 9.10. The topological polar surface area (TPSA) is 67.4 Å². The molecule has 1 aliphatic carbocycles. The van der Waals surface area contributed by atoms with E-state index in [1.54, 1.807) is 7.11 Å². The highest BCUT2D eigenvalue weighted by Crippen LogP contribution is 2.26. The van der Waals surface area contributed by atoms with Crippen molar-refractivity contribution in [1.82, 2.24) is 10.6 Å². The first-order valence-corrected chi connectivity index (χ1v) is 10.3. The van der Waals surface area contributed by atoms with Gasteiger partial charge in [0.15, 0.2) is 0 Å². The van der Waals surface area contributed by atoms with Gasteiger partial charge in [-0.3, -0.25) is 9.59 Å². The van der Waals surface area contributed by atoms with Gasteiger partial charge in [-0.05, 0) is 58.5 Å². The zero-order chi connectivity index (χ0) is 19.9. The van der Waals surface area contributed by atoms with Crippen molar-refractivity contribution >= 4 is 27.7 Å². The second-order valence-electron chi connectivity index (χ2n) is 7.06. The third-order valence-electron chi connectivity index (χ3n) is 4.72. The molecule has 2 aromatic carbocycles. The SMILES string of the molecule is COc1ccc(CCC(=O)NC(Cc2ccccc2)C(=O)NC2CC2)cc1Br. The molecular weight excluding hydrogens is 420 g/mol. The number of hydrogen-bond donors (Lipinski definition) is 2. The van der Waals surface area contributed by atoms with Crippen LogP contribution in [0.4, 0.5) is 0 Å². The summed E-state index contributed by atoms with van der Waals surface area (Å²) in [6, 6.07) is 15.2. The molecule has 28 heavy (non-hydrogen) atoms. The Labute approximate surface area is 174 Å². The zero-order valence-electron chi connectivity index (χ0n) is 15.9. The molecule has 0 radical (unpaired) electrons. The molecule has 1 unspecified atom stereocenters. The predicted molar refractivity (Wildman–Crippen MR) is 112 cm³/mol. The number of benzene rings is 2. The van der Waals surface area contributed by atoms with Crippen LogP contribution < -0.4 is 15.4 Å². The number of amides is 2. The summed E-state index contributed by atoms with van der Waals surface area (Å²) < 4.78 is 6.09. The van der Waals surface area contributed by atoms with Crippen molar-refractivity contribution in [3.8, 4) is 5.75 Å². The van der Waals surface area contributed by atoms with Gasteiger partial charge in [-0.15, -0.1) is 0 Å². The lowest BCUT2D eigenvalue weighted by Crippen LogP contribution is -2.48. The number of nitrogens with one attached hydrogen (secondary N) is 2. The maximum Gasteiger partial charge on any atom is 0.243 e. The average Bonchev–Trinajstić information content (AvgIpc) is 3.51. The monoisotopic (exact) mass is 444 g/mol. The van der Waals surface area contributed by atoms with E-state index in [-0.39, 0.29) is 17.9 Å². The second-order valence-corrected chi connectivity index (χ2v) is 7.92. The van der Waals surface area contributed by atoms with Crippen molar-refractivity contribution in [3.63, 3.8) is 0 Å². The van der Waals surface area contributed by atoms with E-state index in [4.69, 9.17) is 4.74 Å². The van der Waals surface area contributed by atoms with E-state index < -0.39 is 6.04 Å². The average molecular weight is 445 g/mol. The number of halogens is 1. The zero-order valence-corrected chi connectivity index (χ0v) is 17.5. The van der Waals surface area contributed by atoms with Gasteiger partial charge >= 0.3 is 0 Å². The van der Waals surface area contributed by atoms with E-state index in [1.165, 1.54) is 0 Å². The Morgan fingerprint density at radius 3 is 2.54 bits per heavy atom. The summed E-state index contributed by atoms with van der Waals surface area (Å²) in [6.45, 7) is 0. The number of carbonyl (C=O) groups excluding carboxylic acids is 2. The van der Waals surface area contributed by atoms with Crippen LogP contribution in [0.5, 0.6) is 5.75 Å². The predicted octanol–water partition coefficient (Wildman–Crippen LogP) is 3.40. The lowest BCUT2D eigenvalue weighted by atomic mass is 10.0. The highest BCUT2D eigenvalue weighted by atomic mass is 79.9. The number of ether oxygens (including phenoxy) is 1. The first-order valence-electron chi connectivity index (χ1n) is 9.51. The van der Waals surface area contributed by atoms with Gasteiger partial charge in [0.2, 0.25) is 11.8 Å². The highest BCUT2D eigenvalue weighted by Gasteiger charge is 2.28. The number of hydrogen-bond acceptors (Lipinski definition) is 3. The van der Waals surface area contributed by atoms with Crippen molar-refractivity contribution in [2.75, 3.05) is 7.11 Å². The van der Waals surface area contributed by atoms with Crippen molar-refractivity contribution in [1.29, 1.82) is 0 Å². The van der Waals surface area contributed by atoms with Gasteiger partial charge in [-0.1, -0.05) is 36.4 Å². The maximum absolute atomic E-state index is 12.6. The quantitative estimate of drug-likeness (QED) is 0.622. The van der Waals surface area contributed by atoms with Crippen LogP contribution in [-0.2, 0) is 22.4 Å². The molecule has 0 aromatic heterocycles. The van der Waals surface area contributed by atoms with E-state index in [2.05, 4.69) is 26.6 Å². The van der Waals surface area contributed by atoms with E-state index >= 15 is 0 Å². The molecule has 2 aromatic rings. The fourth-order valence-corrected chi connectivity index (χ4v) is 3.57. The Kier molecular flexibility index (Phi) is 7.09. The molecule has 1 saturated carbocycles. The molecule has 0 spiro atoms. The standard InChI is InChI=1S/C22H25BrN2O3/c1-28-20-11-7-16(13-18(20)23)8-12-21(26)25-19(22(27)24-17-9-10-17)14-15-5-3-2-4-6-15/h2-7,11,13,17,19H,8-10,12,14H2,1H3,(H,24,27)(H,25,26). The smallest absolute Gasteiger partial charge is 0.243 e. The minimum atomic E-state index is -0.557. The maximum atomic E-state index is 12.6. The summed E-state index contributed by atoms with van der Waals surface area (Å²) in [6.07, 6.45) is 3.44. The summed E-state index contributed by atoms with van der Waals surface area (Å²) in [5.41, 5.74) is 2.06. The molecular formula is C22H25BrN2O3. The molecule has 0 heterocycles. The molecule has 2 N–H and O–H groups in total. The van der Waals surface area contributed by atoms with E-state index in [0.717, 1.165) is 34.2 Å². The number of carbonyl (C=O) groups is 2. The van der Waals surface area contributed by atoms with Gasteiger partial charge in [0, 0.05) is 18.9 Å². The Balaban J connectivity index is 1.58. The molecule has 6 heteroatoms. The van der Waals surface area contributed by atoms with Crippen LogP contribution >= 0.6 is 15.9 Å². The molecule has 1 aliphatic rings. The Morgan fingerprint density at radius 1 is 1.14 bits per heavy atom. The van der Waals surface area contributed by atoms with Crippen LogP contribution in [0.1, 0.15) is 30.4 Å². The molecule has 2 amide bonds. The molecule has 1 atom stereocenters. The minimum Gasteiger partial charge on any atom is -0.496 e. The number of aryl methyl sites for hydroxylation is 1. The molecule has 148 valence electrons. The summed E-state index contributed by atoms with van der Waals surface area (Å²) in [5, 5.41) is 5.92. The number of methoxy groups -OCH3 is 1. The van der Waals surface area contributed by atoms with Crippen LogP contribution in [0.2, 0.25) is 0 Å². The second kappa shape index (κ2) is 9.73. The summed E-state index contributed by atoms with van der Waals surface area (Å²) in [5.74, 6) is 0.526. The third kappa shape index (κ3) is 6.09. The van der Waals surface area contributed by atoms with Crippen LogP contribution in [0.3, 0.4) is 0 Å². The van der Waals surface area contributed by atoms with Crippen molar-refractivity contribution in [3.05, 3.63) is 64.1 Å². The van der Waals surface area contributed by atoms with Gasteiger partial charge in [-0.2, -0.15) is 0 Å². The lowest BCUT2D eigenvalue weighted by Gasteiger charge is -2.19.